The molecule has 1 atom stereocenters. The maximum absolute atomic E-state index is 12.1. The average molecular weight is 313 g/mol. The molecule has 0 radical (unpaired) electrons. The van der Waals surface area contributed by atoms with Gasteiger partial charge in [-0.1, -0.05) is 18.5 Å². The lowest BCUT2D eigenvalue weighted by atomic mass is 10.1. The zero-order chi connectivity index (χ0) is 15.4. The first-order valence-electron chi connectivity index (χ1n) is 6.81. The maximum Gasteiger partial charge on any atom is 0.288 e. The van der Waals surface area contributed by atoms with E-state index in [0.29, 0.717) is 12.5 Å². The summed E-state index contributed by atoms with van der Waals surface area (Å²) in [6.07, 6.45) is 2.07. The molecule has 0 saturated carbocycles. The molecule has 1 aliphatic heterocycles. The molecule has 8 heteroatoms. The van der Waals surface area contributed by atoms with E-state index in [-0.39, 0.29) is 16.4 Å². The van der Waals surface area contributed by atoms with Crippen LogP contribution >= 0.6 is 11.6 Å². The largest absolute Gasteiger partial charge is 0.352 e. The molecule has 114 valence electrons. The summed E-state index contributed by atoms with van der Waals surface area (Å²) in [6.45, 7) is 5.64. The van der Waals surface area contributed by atoms with Crippen LogP contribution in [0.15, 0.2) is 12.3 Å². The zero-order valence-electron chi connectivity index (χ0n) is 11.7. The van der Waals surface area contributed by atoms with Crippen LogP contribution in [-0.2, 0) is 0 Å². The van der Waals surface area contributed by atoms with Gasteiger partial charge in [0, 0.05) is 19.2 Å². The van der Waals surface area contributed by atoms with Crippen molar-refractivity contribution in [2.75, 3.05) is 26.2 Å². The molecule has 1 N–H and O–H groups in total. The van der Waals surface area contributed by atoms with Crippen molar-refractivity contribution in [2.45, 2.75) is 13.3 Å². The van der Waals surface area contributed by atoms with Gasteiger partial charge in [0.15, 0.2) is 0 Å². The molecule has 1 aromatic heterocycles. The fourth-order valence-electron chi connectivity index (χ4n) is 2.40. The molecule has 0 aromatic carbocycles. The van der Waals surface area contributed by atoms with Crippen molar-refractivity contribution in [1.29, 1.82) is 0 Å². The van der Waals surface area contributed by atoms with Crippen LogP contribution in [0.4, 0.5) is 5.69 Å². The molecule has 7 nitrogen and oxygen atoms in total. The van der Waals surface area contributed by atoms with E-state index < -0.39 is 10.8 Å². The van der Waals surface area contributed by atoms with Crippen LogP contribution in [0.5, 0.6) is 0 Å². The number of nitrogens with zero attached hydrogens (tertiary/aromatic N) is 3. The number of nitrogens with one attached hydrogen (secondary N) is 1. The molecule has 0 aliphatic carbocycles. The van der Waals surface area contributed by atoms with Gasteiger partial charge in [0.25, 0.3) is 11.6 Å². The molecule has 0 bridgehead atoms. The summed E-state index contributed by atoms with van der Waals surface area (Å²) in [6, 6.07) is 1.15. The standard InChI is InChI=1S/C13H17ClN4O3/c1-2-17-4-3-9(8-17)6-16-13(19)11-5-10(18(20)21)7-15-12(11)14/h5,7,9H,2-4,6,8H2,1H3,(H,16,19). The minimum absolute atomic E-state index is 0.0280. The second-order valence-electron chi connectivity index (χ2n) is 5.05. The summed E-state index contributed by atoms with van der Waals surface area (Å²) in [5.41, 5.74) is -0.209. The van der Waals surface area contributed by atoms with Gasteiger partial charge in [0.05, 0.1) is 10.5 Å². The van der Waals surface area contributed by atoms with Crippen LogP contribution in [-0.4, -0.2) is 46.9 Å². The highest BCUT2D eigenvalue weighted by Gasteiger charge is 2.23. The van der Waals surface area contributed by atoms with E-state index >= 15 is 0 Å². The highest BCUT2D eigenvalue weighted by molar-refractivity contribution is 6.32. The van der Waals surface area contributed by atoms with Gasteiger partial charge in [-0.25, -0.2) is 4.98 Å². The molecule has 2 rings (SSSR count). The van der Waals surface area contributed by atoms with Gasteiger partial charge in [0.2, 0.25) is 0 Å². The Labute approximate surface area is 127 Å². The Balaban J connectivity index is 1.97. The van der Waals surface area contributed by atoms with Crippen molar-refractivity contribution in [3.8, 4) is 0 Å². The fraction of sp³-hybridized carbons (Fsp3) is 0.538. The monoisotopic (exact) mass is 312 g/mol. The van der Waals surface area contributed by atoms with E-state index in [1.807, 2.05) is 0 Å². The lowest BCUT2D eigenvalue weighted by molar-refractivity contribution is -0.385. The fourth-order valence-corrected chi connectivity index (χ4v) is 2.58. The van der Waals surface area contributed by atoms with Crippen LogP contribution in [0.2, 0.25) is 5.15 Å². The van der Waals surface area contributed by atoms with Gasteiger partial charge in [-0.05, 0) is 25.4 Å². The minimum atomic E-state index is -0.601. The number of rotatable bonds is 5. The van der Waals surface area contributed by atoms with Gasteiger partial charge in [-0.3, -0.25) is 14.9 Å². The number of hydrogen-bond acceptors (Lipinski definition) is 5. The summed E-state index contributed by atoms with van der Waals surface area (Å²) in [5, 5.41) is 13.5. The second-order valence-corrected chi connectivity index (χ2v) is 5.40. The third-order valence-corrected chi connectivity index (χ3v) is 3.95. The number of carbonyl (C=O) groups excluding carboxylic acids is 1. The van der Waals surface area contributed by atoms with Gasteiger partial charge in [-0.15, -0.1) is 0 Å². The molecular weight excluding hydrogens is 296 g/mol. The third kappa shape index (κ3) is 3.89. The molecular formula is C13H17ClN4O3. The summed E-state index contributed by atoms with van der Waals surface area (Å²) in [4.78, 5) is 28.2. The van der Waals surface area contributed by atoms with Crippen LogP contribution in [0.1, 0.15) is 23.7 Å². The van der Waals surface area contributed by atoms with Crippen LogP contribution in [0.3, 0.4) is 0 Å². The van der Waals surface area contributed by atoms with E-state index in [1.165, 1.54) is 0 Å². The molecule has 21 heavy (non-hydrogen) atoms. The van der Waals surface area contributed by atoms with Crippen molar-refractivity contribution >= 4 is 23.2 Å². The second kappa shape index (κ2) is 6.82. The number of likely N-dealkylation sites (tertiary alicyclic amines) is 1. The Kier molecular flexibility index (Phi) is 5.08. The SMILES string of the molecule is CCN1CCC(CNC(=O)c2cc([N+](=O)[O-])cnc2Cl)C1. The lowest BCUT2D eigenvalue weighted by Gasteiger charge is -2.13. The summed E-state index contributed by atoms with van der Waals surface area (Å²) >= 11 is 5.83. The predicted molar refractivity (Wildman–Crippen MR) is 78.5 cm³/mol. The summed E-state index contributed by atoms with van der Waals surface area (Å²) in [7, 11) is 0. The average Bonchev–Trinajstić information content (AvgIpc) is 2.93. The quantitative estimate of drug-likeness (QED) is 0.508. The van der Waals surface area contributed by atoms with Crippen LogP contribution < -0.4 is 5.32 Å². The Hall–Kier alpha value is -1.73. The Morgan fingerprint density at radius 3 is 3.05 bits per heavy atom. The first-order chi connectivity index (χ1) is 10.0. The van der Waals surface area contributed by atoms with Crippen LogP contribution in [0, 0.1) is 16.0 Å². The van der Waals surface area contributed by atoms with E-state index in [0.717, 1.165) is 38.3 Å². The number of carbonyl (C=O) groups is 1. The highest BCUT2D eigenvalue weighted by atomic mass is 35.5. The third-order valence-electron chi connectivity index (χ3n) is 3.65. The first kappa shape index (κ1) is 15.7. The molecule has 1 aliphatic rings. The van der Waals surface area contributed by atoms with Gasteiger partial charge < -0.3 is 10.2 Å². The Morgan fingerprint density at radius 2 is 2.43 bits per heavy atom. The first-order valence-corrected chi connectivity index (χ1v) is 7.19. The topological polar surface area (TPSA) is 88.4 Å². The van der Waals surface area contributed by atoms with Gasteiger partial charge >= 0.3 is 0 Å². The molecule has 2 heterocycles. The summed E-state index contributed by atoms with van der Waals surface area (Å²) in [5.74, 6) is -0.0227. The van der Waals surface area contributed by atoms with Crippen molar-refractivity contribution in [2.24, 2.45) is 5.92 Å². The number of amides is 1. The smallest absolute Gasteiger partial charge is 0.288 e. The van der Waals surface area contributed by atoms with Crippen molar-refractivity contribution in [3.05, 3.63) is 33.1 Å². The molecule has 1 unspecified atom stereocenters. The van der Waals surface area contributed by atoms with Gasteiger partial charge in [0.1, 0.15) is 11.3 Å². The van der Waals surface area contributed by atoms with Crippen molar-refractivity contribution in [1.82, 2.24) is 15.2 Å². The lowest BCUT2D eigenvalue weighted by Crippen LogP contribution is -2.31. The number of halogens is 1. The molecule has 1 amide bonds. The number of pyridine rings is 1. The van der Waals surface area contributed by atoms with E-state index in [1.54, 1.807) is 0 Å². The predicted octanol–water partition coefficient (Wildman–Crippen LogP) is 1.71. The van der Waals surface area contributed by atoms with Crippen molar-refractivity contribution in [3.63, 3.8) is 0 Å². The zero-order valence-corrected chi connectivity index (χ0v) is 12.5. The molecule has 1 aromatic rings. The Bertz CT molecular complexity index is 552. The van der Waals surface area contributed by atoms with Crippen molar-refractivity contribution < 1.29 is 9.72 Å². The number of hydrogen-bond donors (Lipinski definition) is 1. The van der Waals surface area contributed by atoms with Crippen LogP contribution in [0.25, 0.3) is 0 Å². The van der Waals surface area contributed by atoms with E-state index in [9.17, 15) is 14.9 Å². The molecule has 0 spiro atoms. The molecule has 1 fully saturated rings. The molecule has 1 saturated heterocycles. The van der Waals surface area contributed by atoms with Gasteiger partial charge in [-0.2, -0.15) is 0 Å². The Morgan fingerprint density at radius 1 is 1.67 bits per heavy atom. The highest BCUT2D eigenvalue weighted by Crippen LogP contribution is 2.19. The number of aromatic nitrogens is 1. The number of nitro groups is 1. The summed E-state index contributed by atoms with van der Waals surface area (Å²) < 4.78 is 0. The normalized spacial score (nSPS) is 18.7. The minimum Gasteiger partial charge on any atom is -0.352 e. The van der Waals surface area contributed by atoms with E-state index in [2.05, 4.69) is 22.1 Å². The maximum atomic E-state index is 12.1. The van der Waals surface area contributed by atoms with E-state index in [4.69, 9.17) is 11.6 Å².